The van der Waals surface area contributed by atoms with Gasteiger partial charge in [-0.15, -0.1) is 11.3 Å². The number of aromatic amines is 1. The number of nitrogens with zero attached hydrogens (tertiary/aromatic N) is 4. The van der Waals surface area contributed by atoms with E-state index in [4.69, 9.17) is 11.6 Å². The molecule has 7 nitrogen and oxygen atoms in total. The van der Waals surface area contributed by atoms with Crippen molar-refractivity contribution in [2.75, 3.05) is 11.4 Å². The summed E-state index contributed by atoms with van der Waals surface area (Å²) in [5.74, 6) is 0. The van der Waals surface area contributed by atoms with Gasteiger partial charge >= 0.3 is 0 Å². The van der Waals surface area contributed by atoms with Gasteiger partial charge in [0, 0.05) is 31.1 Å². The minimum Gasteiger partial charge on any atom is -0.351 e. The first kappa shape index (κ1) is 18.0. The summed E-state index contributed by atoms with van der Waals surface area (Å²) in [5.41, 5.74) is 2.44. The highest BCUT2D eigenvalue weighted by molar-refractivity contribution is 7.93. The van der Waals surface area contributed by atoms with Crippen LogP contribution in [0.25, 0.3) is 21.6 Å². The molecular formula is C17H16ClN5O2S2. The lowest BCUT2D eigenvalue weighted by Crippen LogP contribution is -2.27. The molecule has 0 saturated carbocycles. The Morgan fingerprint density at radius 2 is 2.11 bits per heavy atom. The molecule has 0 amide bonds. The normalized spacial score (nSPS) is 12.0. The molecule has 10 heteroatoms. The van der Waals surface area contributed by atoms with Gasteiger partial charge in [-0.3, -0.25) is 8.99 Å². The zero-order valence-corrected chi connectivity index (χ0v) is 17.2. The highest BCUT2D eigenvalue weighted by atomic mass is 35.5. The quantitative estimate of drug-likeness (QED) is 0.543. The lowest BCUT2D eigenvalue weighted by atomic mass is 10.2. The number of H-pyrrole nitrogens is 1. The Morgan fingerprint density at radius 3 is 2.74 bits per heavy atom. The molecule has 0 fully saturated rings. The number of nitrogens with one attached hydrogen (secondary N) is 1. The molecule has 3 aromatic heterocycles. The number of hydrogen-bond acceptors (Lipinski definition) is 5. The number of halogens is 1. The van der Waals surface area contributed by atoms with Crippen molar-refractivity contribution in [1.29, 1.82) is 0 Å². The third-order valence-electron chi connectivity index (χ3n) is 4.35. The van der Waals surface area contributed by atoms with Crippen LogP contribution in [0, 0.1) is 6.92 Å². The maximum Gasteiger partial charge on any atom is 0.269 e. The van der Waals surface area contributed by atoms with E-state index in [0.29, 0.717) is 16.9 Å². The van der Waals surface area contributed by atoms with Gasteiger partial charge in [0.25, 0.3) is 10.0 Å². The van der Waals surface area contributed by atoms with Gasteiger partial charge in [0.15, 0.2) is 0 Å². The van der Waals surface area contributed by atoms with Crippen molar-refractivity contribution in [3.63, 3.8) is 0 Å². The van der Waals surface area contributed by atoms with Crippen LogP contribution >= 0.6 is 22.9 Å². The Hall–Kier alpha value is -2.36. The Kier molecular flexibility index (Phi) is 4.25. The SMILES string of the molecule is Cc1nn(C)c(Cl)c1S(=O)(=O)N(C)c1cccc2cc(-c3nccs3)[nH]c12. The summed E-state index contributed by atoms with van der Waals surface area (Å²) in [6.45, 7) is 1.63. The van der Waals surface area contributed by atoms with Crippen molar-refractivity contribution >= 4 is 49.6 Å². The largest absolute Gasteiger partial charge is 0.351 e. The molecule has 3 heterocycles. The predicted octanol–water partition coefficient (Wildman–Crippen LogP) is 3.81. The number of aromatic nitrogens is 4. The standard InChI is InChI=1S/C17H16ClN5O2S2/c1-10-15(16(18)22(2)21-10)27(24,25)23(3)13-6-4-5-11-9-12(20-14(11)13)17-19-7-8-26-17/h4-9,20H,1-3H3. The number of fused-ring (bicyclic) bond motifs is 1. The average molecular weight is 422 g/mol. The van der Waals surface area contributed by atoms with Crippen LogP contribution in [0.15, 0.2) is 40.7 Å². The molecule has 0 bridgehead atoms. The van der Waals surface area contributed by atoms with Crippen molar-refractivity contribution < 1.29 is 8.42 Å². The Bertz CT molecular complexity index is 1240. The van der Waals surface area contributed by atoms with Crippen LogP contribution < -0.4 is 4.31 Å². The fourth-order valence-electron chi connectivity index (χ4n) is 3.04. The summed E-state index contributed by atoms with van der Waals surface area (Å²) in [6, 6.07) is 7.46. The maximum atomic E-state index is 13.2. The second-order valence-electron chi connectivity index (χ2n) is 6.06. The minimum absolute atomic E-state index is 0.0119. The summed E-state index contributed by atoms with van der Waals surface area (Å²) in [5, 5.41) is 7.83. The monoisotopic (exact) mass is 421 g/mol. The van der Waals surface area contributed by atoms with Crippen molar-refractivity contribution in [3.8, 4) is 10.7 Å². The maximum absolute atomic E-state index is 13.2. The number of benzene rings is 1. The summed E-state index contributed by atoms with van der Waals surface area (Å²) >= 11 is 7.71. The number of aryl methyl sites for hydroxylation is 2. The summed E-state index contributed by atoms with van der Waals surface area (Å²) in [4.78, 5) is 7.61. The van der Waals surface area contributed by atoms with E-state index in [2.05, 4.69) is 15.1 Å². The summed E-state index contributed by atoms with van der Waals surface area (Å²) < 4.78 is 29.0. The van der Waals surface area contributed by atoms with Gasteiger partial charge in [-0.1, -0.05) is 23.7 Å². The molecule has 1 N–H and O–H groups in total. The fourth-order valence-corrected chi connectivity index (χ4v) is 5.56. The lowest BCUT2D eigenvalue weighted by molar-refractivity contribution is 0.594. The number of para-hydroxylation sites is 1. The Balaban J connectivity index is 1.86. The molecule has 0 atom stereocenters. The summed E-state index contributed by atoms with van der Waals surface area (Å²) in [6.07, 6.45) is 1.73. The highest BCUT2D eigenvalue weighted by Crippen LogP contribution is 2.35. The van der Waals surface area contributed by atoms with E-state index in [1.165, 1.54) is 27.4 Å². The molecule has 140 valence electrons. The molecule has 4 rings (SSSR count). The van der Waals surface area contributed by atoms with Gasteiger partial charge in [-0.2, -0.15) is 5.10 Å². The van der Waals surface area contributed by atoms with Crippen molar-refractivity contribution in [2.45, 2.75) is 11.8 Å². The smallest absolute Gasteiger partial charge is 0.269 e. The molecule has 27 heavy (non-hydrogen) atoms. The molecular weight excluding hydrogens is 406 g/mol. The van der Waals surface area contributed by atoms with E-state index in [0.717, 1.165) is 16.1 Å². The predicted molar refractivity (Wildman–Crippen MR) is 108 cm³/mol. The van der Waals surface area contributed by atoms with Crippen molar-refractivity contribution in [1.82, 2.24) is 19.7 Å². The number of sulfonamides is 1. The van der Waals surface area contributed by atoms with Crippen LogP contribution in [0.3, 0.4) is 0 Å². The van der Waals surface area contributed by atoms with Crippen LogP contribution in [0.5, 0.6) is 0 Å². The first-order valence-corrected chi connectivity index (χ1v) is 10.7. The molecule has 0 spiro atoms. The molecule has 0 saturated heterocycles. The van der Waals surface area contributed by atoms with Crippen LogP contribution in [0.2, 0.25) is 5.15 Å². The van der Waals surface area contributed by atoms with Crippen LogP contribution in [-0.2, 0) is 17.1 Å². The van der Waals surface area contributed by atoms with E-state index < -0.39 is 10.0 Å². The second kappa shape index (κ2) is 6.36. The van der Waals surface area contributed by atoms with Gasteiger partial charge in [-0.05, 0) is 19.1 Å². The van der Waals surface area contributed by atoms with Crippen LogP contribution in [-0.4, -0.2) is 35.2 Å². The van der Waals surface area contributed by atoms with E-state index in [1.807, 2.05) is 23.6 Å². The van der Waals surface area contributed by atoms with Gasteiger partial charge in [0.1, 0.15) is 15.1 Å². The third kappa shape index (κ3) is 2.82. The molecule has 4 aromatic rings. The van der Waals surface area contributed by atoms with E-state index in [-0.39, 0.29) is 10.0 Å². The molecule has 0 aliphatic rings. The topological polar surface area (TPSA) is 83.9 Å². The molecule has 0 unspecified atom stereocenters. The van der Waals surface area contributed by atoms with Crippen molar-refractivity contribution in [2.24, 2.45) is 7.05 Å². The summed E-state index contributed by atoms with van der Waals surface area (Å²) in [7, 11) is -0.761. The zero-order chi connectivity index (χ0) is 19.3. The minimum atomic E-state index is -3.88. The lowest BCUT2D eigenvalue weighted by Gasteiger charge is -2.20. The number of anilines is 1. The number of rotatable bonds is 4. The highest BCUT2D eigenvalue weighted by Gasteiger charge is 2.30. The number of hydrogen-bond donors (Lipinski definition) is 1. The van der Waals surface area contributed by atoms with Gasteiger partial charge in [0.2, 0.25) is 0 Å². The van der Waals surface area contributed by atoms with Crippen LogP contribution in [0.1, 0.15) is 5.69 Å². The molecule has 0 aliphatic carbocycles. The average Bonchev–Trinajstić information content (AvgIpc) is 3.33. The first-order valence-electron chi connectivity index (χ1n) is 8.00. The Labute approximate surface area is 165 Å². The Morgan fingerprint density at radius 1 is 1.33 bits per heavy atom. The van der Waals surface area contributed by atoms with Crippen LogP contribution in [0.4, 0.5) is 5.69 Å². The molecule has 0 aliphatic heterocycles. The molecule has 1 aromatic carbocycles. The third-order valence-corrected chi connectivity index (χ3v) is 7.63. The fraction of sp³-hybridized carbons (Fsp3) is 0.176. The van der Waals surface area contributed by atoms with Crippen molar-refractivity contribution in [3.05, 3.63) is 46.7 Å². The molecule has 0 radical (unpaired) electrons. The van der Waals surface area contributed by atoms with Gasteiger partial charge in [0.05, 0.1) is 22.6 Å². The zero-order valence-electron chi connectivity index (χ0n) is 14.8. The second-order valence-corrected chi connectivity index (χ2v) is 9.22. The number of thiazole rings is 1. The van der Waals surface area contributed by atoms with E-state index >= 15 is 0 Å². The van der Waals surface area contributed by atoms with Gasteiger partial charge in [-0.25, -0.2) is 13.4 Å². The van der Waals surface area contributed by atoms with E-state index in [1.54, 1.807) is 26.2 Å². The first-order chi connectivity index (χ1) is 12.8. The van der Waals surface area contributed by atoms with Gasteiger partial charge < -0.3 is 4.98 Å². The van der Waals surface area contributed by atoms with E-state index in [9.17, 15) is 8.42 Å².